The molecular formula is C4H6N2O3S. The first-order chi connectivity index (χ1) is 4.58. The van der Waals surface area contributed by atoms with Gasteiger partial charge in [0.25, 0.3) is 0 Å². The second-order valence-electron chi connectivity index (χ2n) is 1.71. The maximum Gasteiger partial charge on any atom is 0.308 e. The summed E-state index contributed by atoms with van der Waals surface area (Å²) in [5.41, 5.74) is 0. The van der Waals surface area contributed by atoms with E-state index in [0.717, 1.165) is 6.26 Å². The molecule has 0 aliphatic carbocycles. The standard InChI is InChI=1S/C4H6N2O3S/c1-10(7,8)6-4-5-2-3-9-4/h2-3H,1H3,(H,5,6). The van der Waals surface area contributed by atoms with Crippen molar-refractivity contribution in [3.8, 4) is 0 Å². The third kappa shape index (κ3) is 2.06. The number of nitrogens with zero attached hydrogens (tertiary/aromatic N) is 1. The van der Waals surface area contributed by atoms with E-state index in [-0.39, 0.29) is 6.01 Å². The van der Waals surface area contributed by atoms with Crippen molar-refractivity contribution in [3.63, 3.8) is 0 Å². The summed E-state index contributed by atoms with van der Waals surface area (Å²) in [5.74, 6) is 0. The molecule has 6 heteroatoms. The molecule has 1 N–H and O–H groups in total. The summed E-state index contributed by atoms with van der Waals surface area (Å²) in [6.45, 7) is 0. The molecule has 1 aromatic heterocycles. The molecule has 1 aromatic rings. The molecule has 56 valence electrons. The molecule has 0 aliphatic rings. The van der Waals surface area contributed by atoms with Gasteiger partial charge in [-0.1, -0.05) is 0 Å². The Morgan fingerprint density at radius 2 is 2.40 bits per heavy atom. The van der Waals surface area contributed by atoms with Gasteiger partial charge >= 0.3 is 6.01 Å². The summed E-state index contributed by atoms with van der Waals surface area (Å²) in [4.78, 5) is 3.54. The molecule has 1 heterocycles. The molecule has 0 unspecified atom stereocenters. The zero-order valence-electron chi connectivity index (χ0n) is 5.23. The van der Waals surface area contributed by atoms with Crippen LogP contribution in [0.5, 0.6) is 0 Å². The van der Waals surface area contributed by atoms with Gasteiger partial charge in [0, 0.05) is 0 Å². The minimum Gasteiger partial charge on any atom is -0.432 e. The van der Waals surface area contributed by atoms with E-state index >= 15 is 0 Å². The molecule has 0 saturated heterocycles. The van der Waals surface area contributed by atoms with Crippen molar-refractivity contribution in [2.45, 2.75) is 0 Å². The number of aromatic nitrogens is 1. The molecule has 0 aromatic carbocycles. The molecule has 0 saturated carbocycles. The molecular weight excluding hydrogens is 156 g/mol. The Kier molecular flexibility index (Phi) is 1.62. The van der Waals surface area contributed by atoms with Crippen LogP contribution in [-0.2, 0) is 10.0 Å². The van der Waals surface area contributed by atoms with Crippen LogP contribution in [0.2, 0.25) is 0 Å². The number of sulfonamides is 1. The predicted molar refractivity (Wildman–Crippen MR) is 35.0 cm³/mol. The van der Waals surface area contributed by atoms with E-state index < -0.39 is 10.0 Å². The predicted octanol–water partition coefficient (Wildman–Crippen LogP) is 0.0461. The number of anilines is 1. The van der Waals surface area contributed by atoms with Crippen molar-refractivity contribution in [1.82, 2.24) is 4.98 Å². The average molecular weight is 162 g/mol. The van der Waals surface area contributed by atoms with Gasteiger partial charge in [-0.2, -0.15) is 0 Å². The van der Waals surface area contributed by atoms with Crippen LogP contribution < -0.4 is 4.72 Å². The van der Waals surface area contributed by atoms with Gasteiger partial charge in [0.05, 0.1) is 12.5 Å². The third-order valence-electron chi connectivity index (χ3n) is 0.705. The van der Waals surface area contributed by atoms with Crippen molar-refractivity contribution in [2.24, 2.45) is 0 Å². The van der Waals surface area contributed by atoms with Crippen molar-refractivity contribution in [3.05, 3.63) is 12.5 Å². The molecule has 0 aliphatic heterocycles. The SMILES string of the molecule is CS(=O)(=O)Nc1ncco1. The van der Waals surface area contributed by atoms with Gasteiger partial charge in [0.15, 0.2) is 0 Å². The first-order valence-corrected chi connectivity index (χ1v) is 4.34. The Morgan fingerprint density at radius 3 is 2.80 bits per heavy atom. The lowest BCUT2D eigenvalue weighted by Crippen LogP contribution is -2.09. The Labute approximate surface area is 58.1 Å². The normalized spacial score (nSPS) is 11.3. The Bertz CT molecular complexity index is 288. The van der Waals surface area contributed by atoms with Crippen LogP contribution in [0.4, 0.5) is 6.01 Å². The van der Waals surface area contributed by atoms with Crippen LogP contribution in [0, 0.1) is 0 Å². The monoisotopic (exact) mass is 162 g/mol. The van der Waals surface area contributed by atoms with Gasteiger partial charge in [0.2, 0.25) is 10.0 Å². The van der Waals surface area contributed by atoms with Gasteiger partial charge < -0.3 is 4.42 Å². The van der Waals surface area contributed by atoms with E-state index in [1.807, 2.05) is 0 Å². The smallest absolute Gasteiger partial charge is 0.308 e. The lowest BCUT2D eigenvalue weighted by atomic mass is 11.0. The molecule has 0 atom stereocenters. The summed E-state index contributed by atoms with van der Waals surface area (Å²) >= 11 is 0. The largest absolute Gasteiger partial charge is 0.432 e. The van der Waals surface area contributed by atoms with E-state index in [9.17, 15) is 8.42 Å². The number of hydrogen-bond donors (Lipinski definition) is 1. The van der Waals surface area contributed by atoms with Crippen LogP contribution in [0.1, 0.15) is 0 Å². The van der Waals surface area contributed by atoms with Crippen LogP contribution >= 0.6 is 0 Å². The van der Waals surface area contributed by atoms with Gasteiger partial charge in [-0.25, -0.2) is 18.1 Å². The van der Waals surface area contributed by atoms with Crippen LogP contribution in [0.15, 0.2) is 16.9 Å². The molecule has 5 nitrogen and oxygen atoms in total. The van der Waals surface area contributed by atoms with E-state index in [4.69, 9.17) is 0 Å². The lowest BCUT2D eigenvalue weighted by Gasteiger charge is -1.94. The maximum atomic E-state index is 10.5. The number of nitrogens with one attached hydrogen (secondary N) is 1. The topological polar surface area (TPSA) is 72.2 Å². The Hall–Kier alpha value is -1.04. The molecule has 1 rings (SSSR count). The molecule has 0 spiro atoms. The molecule has 0 bridgehead atoms. The average Bonchev–Trinajstić information content (AvgIpc) is 2.12. The first-order valence-electron chi connectivity index (χ1n) is 2.45. The second-order valence-corrected chi connectivity index (χ2v) is 3.46. The van der Waals surface area contributed by atoms with Crippen molar-refractivity contribution in [2.75, 3.05) is 11.0 Å². The van der Waals surface area contributed by atoms with E-state index in [1.165, 1.54) is 12.5 Å². The molecule has 10 heavy (non-hydrogen) atoms. The zero-order chi connectivity index (χ0) is 7.61. The van der Waals surface area contributed by atoms with Crippen LogP contribution in [0.25, 0.3) is 0 Å². The van der Waals surface area contributed by atoms with Crippen molar-refractivity contribution < 1.29 is 12.8 Å². The van der Waals surface area contributed by atoms with Crippen molar-refractivity contribution in [1.29, 1.82) is 0 Å². The van der Waals surface area contributed by atoms with Gasteiger partial charge in [-0.3, -0.25) is 0 Å². The van der Waals surface area contributed by atoms with Crippen LogP contribution in [0.3, 0.4) is 0 Å². The van der Waals surface area contributed by atoms with Gasteiger partial charge in [-0.15, -0.1) is 0 Å². The molecule has 0 radical (unpaired) electrons. The summed E-state index contributed by atoms with van der Waals surface area (Å²) < 4.78 is 27.6. The fraction of sp³-hybridized carbons (Fsp3) is 0.250. The quantitative estimate of drug-likeness (QED) is 0.666. The first kappa shape index (κ1) is 7.07. The number of rotatable bonds is 2. The third-order valence-corrected chi connectivity index (χ3v) is 1.25. The molecule has 0 amide bonds. The Morgan fingerprint density at radius 1 is 1.70 bits per heavy atom. The van der Waals surface area contributed by atoms with Crippen molar-refractivity contribution >= 4 is 16.0 Å². The highest BCUT2D eigenvalue weighted by Gasteiger charge is 2.03. The minimum atomic E-state index is -3.25. The highest BCUT2D eigenvalue weighted by molar-refractivity contribution is 7.91. The lowest BCUT2D eigenvalue weighted by molar-refractivity contribution is 0.572. The summed E-state index contributed by atoms with van der Waals surface area (Å²) in [5, 5.41) is 0. The maximum absolute atomic E-state index is 10.5. The van der Waals surface area contributed by atoms with Gasteiger partial charge in [0.1, 0.15) is 6.26 Å². The zero-order valence-corrected chi connectivity index (χ0v) is 6.05. The fourth-order valence-corrected chi connectivity index (χ4v) is 0.850. The fourth-order valence-electron chi connectivity index (χ4n) is 0.432. The number of hydrogen-bond acceptors (Lipinski definition) is 4. The van der Waals surface area contributed by atoms with E-state index in [1.54, 1.807) is 0 Å². The van der Waals surface area contributed by atoms with Crippen LogP contribution in [-0.4, -0.2) is 19.7 Å². The van der Waals surface area contributed by atoms with E-state index in [2.05, 4.69) is 14.1 Å². The van der Waals surface area contributed by atoms with E-state index in [0.29, 0.717) is 0 Å². The minimum absolute atomic E-state index is 0.0116. The summed E-state index contributed by atoms with van der Waals surface area (Å²) in [6, 6.07) is -0.0116. The second kappa shape index (κ2) is 2.30. The Balaban J connectivity index is 2.75. The summed E-state index contributed by atoms with van der Waals surface area (Å²) in [6.07, 6.45) is 3.66. The molecule has 0 fully saturated rings. The highest BCUT2D eigenvalue weighted by atomic mass is 32.2. The summed E-state index contributed by atoms with van der Waals surface area (Å²) in [7, 11) is -3.25. The number of oxazole rings is 1. The van der Waals surface area contributed by atoms with Gasteiger partial charge in [-0.05, 0) is 0 Å². The highest BCUT2D eigenvalue weighted by Crippen LogP contribution is 2.01.